The second-order valence-corrected chi connectivity index (χ2v) is 9.93. The zero-order valence-electron chi connectivity index (χ0n) is 17.2. The lowest BCUT2D eigenvalue weighted by Crippen LogP contribution is -2.47. The first-order valence-electron chi connectivity index (χ1n) is 10.5. The summed E-state index contributed by atoms with van der Waals surface area (Å²) in [4.78, 5) is 14.8. The minimum Gasteiger partial charge on any atom is -0.493 e. The minimum absolute atomic E-state index is 0.0893. The zero-order chi connectivity index (χ0) is 21.1. The van der Waals surface area contributed by atoms with Crippen molar-refractivity contribution in [2.75, 3.05) is 19.4 Å². The Morgan fingerprint density at radius 1 is 1.10 bits per heavy atom. The fraction of sp³-hybridized carbons (Fsp3) is 0.435. The van der Waals surface area contributed by atoms with Crippen LogP contribution >= 0.6 is 0 Å². The maximum absolute atomic E-state index is 12.9. The number of nitrogens with one attached hydrogen (secondary N) is 1. The molecule has 6 nitrogen and oxygen atoms in total. The molecule has 1 saturated heterocycles. The number of nitrogens with zero attached hydrogens (tertiary/aromatic N) is 1. The van der Waals surface area contributed by atoms with Crippen molar-refractivity contribution in [2.45, 2.75) is 44.2 Å². The molecule has 2 aliphatic heterocycles. The second kappa shape index (κ2) is 8.78. The van der Waals surface area contributed by atoms with Crippen molar-refractivity contribution in [3.8, 4) is 16.9 Å². The Morgan fingerprint density at radius 2 is 1.93 bits per heavy atom. The molecule has 1 fully saturated rings. The number of carbonyl (C=O) groups is 1. The SMILES string of the molecule is CS(=O)(=O)NC1CCN2C(=O)CCCCOc3ccccc3-c3cccc(c3)CC12. The summed E-state index contributed by atoms with van der Waals surface area (Å²) in [6.45, 7) is 1.14. The monoisotopic (exact) mass is 428 g/mol. The van der Waals surface area contributed by atoms with E-state index < -0.39 is 10.0 Å². The van der Waals surface area contributed by atoms with Gasteiger partial charge in [0.2, 0.25) is 15.9 Å². The third kappa shape index (κ3) is 4.84. The molecular formula is C23H28N2O4S. The van der Waals surface area contributed by atoms with Gasteiger partial charge in [-0.3, -0.25) is 4.79 Å². The summed E-state index contributed by atoms with van der Waals surface area (Å²) < 4.78 is 32.6. The largest absolute Gasteiger partial charge is 0.493 e. The number of sulfonamides is 1. The molecule has 2 atom stereocenters. The number of fused-ring (bicyclic) bond motifs is 5. The first kappa shape index (κ1) is 20.9. The molecule has 2 aromatic carbocycles. The van der Waals surface area contributed by atoms with Gasteiger partial charge in [-0.2, -0.15) is 0 Å². The number of carbonyl (C=O) groups excluding carboxylic acids is 1. The van der Waals surface area contributed by atoms with E-state index in [0.29, 0.717) is 32.4 Å². The highest BCUT2D eigenvalue weighted by Gasteiger charge is 2.38. The topological polar surface area (TPSA) is 75.7 Å². The van der Waals surface area contributed by atoms with E-state index in [1.165, 1.54) is 6.26 Å². The predicted molar refractivity (Wildman–Crippen MR) is 117 cm³/mol. The molecule has 30 heavy (non-hydrogen) atoms. The summed E-state index contributed by atoms with van der Waals surface area (Å²) in [6, 6.07) is 15.8. The smallest absolute Gasteiger partial charge is 0.222 e. The van der Waals surface area contributed by atoms with Crippen molar-refractivity contribution in [2.24, 2.45) is 0 Å². The van der Waals surface area contributed by atoms with Gasteiger partial charge < -0.3 is 9.64 Å². The molecule has 0 spiro atoms. The van der Waals surface area contributed by atoms with E-state index in [1.54, 1.807) is 0 Å². The highest BCUT2D eigenvalue weighted by Crippen LogP contribution is 2.32. The lowest BCUT2D eigenvalue weighted by atomic mass is 9.96. The number of ether oxygens (including phenoxy) is 1. The van der Waals surface area contributed by atoms with Crippen molar-refractivity contribution >= 4 is 15.9 Å². The lowest BCUT2D eigenvalue weighted by Gasteiger charge is -2.29. The molecule has 4 rings (SSSR count). The van der Waals surface area contributed by atoms with Gasteiger partial charge >= 0.3 is 0 Å². The van der Waals surface area contributed by atoms with Gasteiger partial charge in [0.25, 0.3) is 0 Å². The molecule has 2 bridgehead atoms. The van der Waals surface area contributed by atoms with Crippen molar-refractivity contribution < 1.29 is 17.9 Å². The van der Waals surface area contributed by atoms with E-state index in [1.807, 2.05) is 35.2 Å². The number of benzene rings is 2. The van der Waals surface area contributed by atoms with Crippen LogP contribution in [0.2, 0.25) is 0 Å². The molecule has 0 aromatic heterocycles. The van der Waals surface area contributed by atoms with Gasteiger partial charge in [-0.25, -0.2) is 13.1 Å². The van der Waals surface area contributed by atoms with Crippen LogP contribution < -0.4 is 9.46 Å². The van der Waals surface area contributed by atoms with Gasteiger partial charge in [-0.15, -0.1) is 0 Å². The zero-order valence-corrected chi connectivity index (χ0v) is 18.0. The van der Waals surface area contributed by atoms with Gasteiger partial charge in [0.15, 0.2) is 0 Å². The van der Waals surface area contributed by atoms with Crippen LogP contribution in [0.15, 0.2) is 48.5 Å². The maximum atomic E-state index is 12.9. The van der Waals surface area contributed by atoms with Crippen molar-refractivity contribution in [1.82, 2.24) is 9.62 Å². The fourth-order valence-electron chi connectivity index (χ4n) is 4.47. The van der Waals surface area contributed by atoms with E-state index in [-0.39, 0.29) is 18.0 Å². The molecular weight excluding hydrogens is 400 g/mol. The quantitative estimate of drug-likeness (QED) is 0.798. The lowest BCUT2D eigenvalue weighted by molar-refractivity contribution is -0.132. The van der Waals surface area contributed by atoms with Crippen molar-refractivity contribution in [3.63, 3.8) is 0 Å². The van der Waals surface area contributed by atoms with E-state index in [4.69, 9.17) is 4.74 Å². The van der Waals surface area contributed by atoms with Crippen LogP contribution in [0, 0.1) is 0 Å². The summed E-state index contributed by atoms with van der Waals surface area (Å²) in [7, 11) is -3.35. The van der Waals surface area contributed by atoms with Gasteiger partial charge in [-0.05, 0) is 42.9 Å². The van der Waals surface area contributed by atoms with Crippen LogP contribution in [-0.2, 0) is 21.2 Å². The normalized spacial score (nSPS) is 22.6. The van der Waals surface area contributed by atoms with Gasteiger partial charge in [-0.1, -0.05) is 42.5 Å². The van der Waals surface area contributed by atoms with Crippen LogP contribution in [0.4, 0.5) is 0 Å². The third-order valence-corrected chi connectivity index (χ3v) is 6.57. The van der Waals surface area contributed by atoms with E-state index in [0.717, 1.165) is 35.3 Å². The van der Waals surface area contributed by atoms with Crippen LogP contribution in [0.5, 0.6) is 5.75 Å². The fourth-order valence-corrected chi connectivity index (χ4v) is 5.30. The Kier molecular flexibility index (Phi) is 6.11. The van der Waals surface area contributed by atoms with Gasteiger partial charge in [0.1, 0.15) is 5.75 Å². The first-order chi connectivity index (χ1) is 14.4. The molecule has 0 radical (unpaired) electrons. The molecule has 0 aliphatic carbocycles. The summed E-state index contributed by atoms with van der Waals surface area (Å²) in [5.41, 5.74) is 3.18. The highest BCUT2D eigenvalue weighted by atomic mass is 32.2. The Labute approximate surface area is 178 Å². The van der Waals surface area contributed by atoms with Gasteiger partial charge in [0.05, 0.1) is 18.9 Å². The summed E-state index contributed by atoms with van der Waals surface area (Å²) in [6.07, 6.45) is 4.42. The molecule has 1 amide bonds. The molecule has 0 saturated carbocycles. The van der Waals surface area contributed by atoms with Crippen molar-refractivity contribution in [3.05, 3.63) is 54.1 Å². The Bertz CT molecular complexity index is 1020. The molecule has 7 heteroatoms. The van der Waals surface area contributed by atoms with E-state index in [9.17, 15) is 13.2 Å². The Morgan fingerprint density at radius 3 is 2.77 bits per heavy atom. The molecule has 1 N–H and O–H groups in total. The Hall–Kier alpha value is -2.38. The Balaban J connectivity index is 1.71. The minimum atomic E-state index is -3.35. The maximum Gasteiger partial charge on any atom is 0.222 e. The van der Waals surface area contributed by atoms with Crippen molar-refractivity contribution in [1.29, 1.82) is 0 Å². The second-order valence-electron chi connectivity index (χ2n) is 8.15. The summed E-state index contributed by atoms with van der Waals surface area (Å²) in [5, 5.41) is 0. The molecule has 160 valence electrons. The number of rotatable bonds is 2. The average molecular weight is 429 g/mol. The number of para-hydroxylation sites is 1. The van der Waals surface area contributed by atoms with E-state index >= 15 is 0 Å². The predicted octanol–water partition coefficient (Wildman–Crippen LogP) is 2.98. The van der Waals surface area contributed by atoms with Crippen LogP contribution in [0.25, 0.3) is 11.1 Å². The summed E-state index contributed by atoms with van der Waals surface area (Å²) >= 11 is 0. The van der Waals surface area contributed by atoms with Crippen LogP contribution in [0.1, 0.15) is 31.2 Å². The molecule has 2 aliphatic rings. The van der Waals surface area contributed by atoms with Crippen LogP contribution in [0.3, 0.4) is 0 Å². The first-order valence-corrected chi connectivity index (χ1v) is 12.4. The molecule has 2 heterocycles. The van der Waals surface area contributed by atoms with E-state index in [2.05, 4.69) is 22.9 Å². The number of amides is 1. The number of hydrogen-bond donors (Lipinski definition) is 1. The molecule has 2 aromatic rings. The molecule has 2 unspecified atom stereocenters. The van der Waals surface area contributed by atoms with Crippen LogP contribution in [-0.4, -0.2) is 50.7 Å². The highest BCUT2D eigenvalue weighted by molar-refractivity contribution is 7.88. The average Bonchev–Trinajstić information content (AvgIpc) is 3.08. The summed E-state index contributed by atoms with van der Waals surface area (Å²) in [5.74, 6) is 0.934. The number of hydrogen-bond acceptors (Lipinski definition) is 4. The van der Waals surface area contributed by atoms with Gasteiger partial charge in [0, 0.05) is 24.6 Å². The third-order valence-electron chi connectivity index (χ3n) is 5.84. The standard InChI is InChI=1S/C23H28N2O4S/c1-30(27,28)24-20-12-13-25-21(20)16-17-7-6-8-18(15-17)19-9-2-3-10-22(19)29-14-5-4-11-23(25)26/h2-3,6-10,15,20-21,24H,4-5,11-14,16H2,1H3.